The Morgan fingerprint density at radius 3 is 2.43 bits per heavy atom. The van der Waals surface area contributed by atoms with E-state index in [1.807, 2.05) is 13.0 Å². The van der Waals surface area contributed by atoms with E-state index in [4.69, 9.17) is 10.6 Å². The van der Waals surface area contributed by atoms with Crippen molar-refractivity contribution in [3.63, 3.8) is 0 Å². The largest absolute Gasteiger partial charge is 1.00 e. The molecule has 0 heterocycles. The standard InChI is InChI=1S/C10H16N2O.ClH/c1-7-5-10(13-3)8(2)4-9(7)6-12-11;/h4-5,12H,6,11H2,1-3H3;1H/p-1. The summed E-state index contributed by atoms with van der Waals surface area (Å²) in [6.45, 7) is 4.77. The van der Waals surface area contributed by atoms with E-state index in [1.165, 1.54) is 11.1 Å². The Kier molecular flexibility index (Phi) is 5.53. The molecule has 0 spiro atoms. The summed E-state index contributed by atoms with van der Waals surface area (Å²) in [7, 11) is 1.68. The second-order valence-electron chi connectivity index (χ2n) is 3.13. The monoisotopic (exact) mass is 215 g/mol. The molecule has 3 nitrogen and oxygen atoms in total. The van der Waals surface area contributed by atoms with Crippen molar-refractivity contribution in [3.8, 4) is 5.75 Å². The van der Waals surface area contributed by atoms with Gasteiger partial charge in [-0.1, -0.05) is 6.07 Å². The molecule has 0 bridgehead atoms. The number of methoxy groups -OCH3 is 1. The van der Waals surface area contributed by atoms with E-state index in [2.05, 4.69) is 18.4 Å². The highest BCUT2D eigenvalue weighted by molar-refractivity contribution is 5.41. The van der Waals surface area contributed by atoms with Gasteiger partial charge in [0.05, 0.1) is 7.11 Å². The van der Waals surface area contributed by atoms with Crippen LogP contribution in [0.2, 0.25) is 0 Å². The Bertz CT molecular complexity index is 302. The van der Waals surface area contributed by atoms with E-state index < -0.39 is 0 Å². The maximum Gasteiger partial charge on any atom is 0.122 e. The fraction of sp³-hybridized carbons (Fsp3) is 0.400. The number of hydrazine groups is 1. The highest BCUT2D eigenvalue weighted by Crippen LogP contribution is 2.22. The number of nitrogens with two attached hydrogens (primary N) is 1. The first-order valence-electron chi connectivity index (χ1n) is 4.26. The van der Waals surface area contributed by atoms with Gasteiger partial charge in [-0.2, -0.15) is 0 Å². The first-order chi connectivity index (χ1) is 6.19. The topological polar surface area (TPSA) is 47.3 Å². The molecule has 0 aromatic heterocycles. The normalized spacial score (nSPS) is 9.43. The number of ether oxygens (including phenoxy) is 1. The van der Waals surface area contributed by atoms with E-state index in [-0.39, 0.29) is 12.4 Å². The Labute approximate surface area is 91.0 Å². The number of aryl methyl sites for hydroxylation is 2. The minimum absolute atomic E-state index is 0. The van der Waals surface area contributed by atoms with Crippen LogP contribution >= 0.6 is 0 Å². The number of hydrogen-bond donors (Lipinski definition) is 2. The molecule has 3 N–H and O–H groups in total. The molecular formula is C10H16ClN2O-. The molecule has 0 atom stereocenters. The van der Waals surface area contributed by atoms with Crippen molar-refractivity contribution in [2.75, 3.05) is 7.11 Å². The van der Waals surface area contributed by atoms with Crippen LogP contribution in [-0.4, -0.2) is 7.11 Å². The van der Waals surface area contributed by atoms with Gasteiger partial charge in [0.1, 0.15) is 5.75 Å². The molecule has 1 rings (SSSR count). The molecule has 1 aromatic rings. The Morgan fingerprint density at radius 1 is 1.29 bits per heavy atom. The number of hydrogen-bond acceptors (Lipinski definition) is 3. The molecule has 0 aliphatic heterocycles. The number of nitrogens with one attached hydrogen (secondary N) is 1. The summed E-state index contributed by atoms with van der Waals surface area (Å²) >= 11 is 0. The van der Waals surface area contributed by atoms with Crippen molar-refractivity contribution in [1.29, 1.82) is 0 Å². The second kappa shape index (κ2) is 5.86. The van der Waals surface area contributed by atoms with Crippen molar-refractivity contribution >= 4 is 0 Å². The summed E-state index contributed by atoms with van der Waals surface area (Å²) in [5, 5.41) is 0. The van der Waals surface area contributed by atoms with E-state index >= 15 is 0 Å². The van der Waals surface area contributed by atoms with Gasteiger partial charge in [-0.25, -0.2) is 0 Å². The molecule has 0 saturated heterocycles. The summed E-state index contributed by atoms with van der Waals surface area (Å²) in [5.74, 6) is 6.20. The van der Waals surface area contributed by atoms with E-state index in [9.17, 15) is 0 Å². The lowest BCUT2D eigenvalue weighted by Crippen LogP contribution is -3.00. The Morgan fingerprint density at radius 2 is 1.93 bits per heavy atom. The van der Waals surface area contributed by atoms with Gasteiger partial charge in [0.2, 0.25) is 0 Å². The number of benzene rings is 1. The maximum absolute atomic E-state index is 5.27. The molecule has 0 radical (unpaired) electrons. The molecule has 0 amide bonds. The summed E-state index contributed by atoms with van der Waals surface area (Å²) in [6, 6.07) is 4.12. The first kappa shape index (κ1) is 13.2. The Hall–Kier alpha value is -0.770. The summed E-state index contributed by atoms with van der Waals surface area (Å²) in [5.41, 5.74) is 6.19. The fourth-order valence-electron chi connectivity index (χ4n) is 1.37. The molecule has 14 heavy (non-hydrogen) atoms. The van der Waals surface area contributed by atoms with Gasteiger partial charge < -0.3 is 17.1 Å². The highest BCUT2D eigenvalue weighted by Gasteiger charge is 2.03. The predicted molar refractivity (Wildman–Crippen MR) is 53.5 cm³/mol. The van der Waals surface area contributed by atoms with Gasteiger partial charge in [0.25, 0.3) is 0 Å². The third kappa shape index (κ3) is 2.87. The third-order valence-corrected chi connectivity index (χ3v) is 2.15. The summed E-state index contributed by atoms with van der Waals surface area (Å²) in [4.78, 5) is 0. The van der Waals surface area contributed by atoms with Gasteiger partial charge in [-0.05, 0) is 36.6 Å². The average molecular weight is 216 g/mol. The zero-order valence-corrected chi connectivity index (χ0v) is 9.48. The molecule has 0 unspecified atom stereocenters. The lowest BCUT2D eigenvalue weighted by Gasteiger charge is -2.10. The molecule has 0 fully saturated rings. The van der Waals surface area contributed by atoms with Crippen molar-refractivity contribution in [1.82, 2.24) is 5.43 Å². The SMILES string of the molecule is COc1cc(C)c(CNN)cc1C.[Cl-]. The van der Waals surface area contributed by atoms with Crippen molar-refractivity contribution in [2.45, 2.75) is 20.4 Å². The molecule has 4 heteroatoms. The van der Waals surface area contributed by atoms with Gasteiger partial charge >= 0.3 is 0 Å². The predicted octanol–water partition coefficient (Wildman–Crippen LogP) is -1.72. The highest BCUT2D eigenvalue weighted by atomic mass is 35.5. The molecule has 0 saturated carbocycles. The van der Waals surface area contributed by atoms with Crippen LogP contribution in [0.3, 0.4) is 0 Å². The van der Waals surface area contributed by atoms with Gasteiger partial charge in [-0.15, -0.1) is 0 Å². The van der Waals surface area contributed by atoms with E-state index in [0.29, 0.717) is 6.54 Å². The number of rotatable bonds is 3. The molecule has 0 aliphatic carbocycles. The van der Waals surface area contributed by atoms with Crippen LogP contribution in [0.25, 0.3) is 0 Å². The van der Waals surface area contributed by atoms with Crippen molar-refractivity contribution < 1.29 is 17.1 Å². The van der Waals surface area contributed by atoms with E-state index in [0.717, 1.165) is 11.3 Å². The number of halogens is 1. The van der Waals surface area contributed by atoms with Crippen LogP contribution in [-0.2, 0) is 6.54 Å². The van der Waals surface area contributed by atoms with Crippen LogP contribution in [0.5, 0.6) is 5.75 Å². The smallest absolute Gasteiger partial charge is 0.122 e. The summed E-state index contributed by atoms with van der Waals surface area (Å²) < 4.78 is 5.21. The lowest BCUT2D eigenvalue weighted by atomic mass is 10.0. The lowest BCUT2D eigenvalue weighted by molar-refractivity contribution is -0.00000325. The molecule has 1 aromatic carbocycles. The van der Waals surface area contributed by atoms with Crippen LogP contribution in [0.15, 0.2) is 12.1 Å². The average Bonchev–Trinajstić information content (AvgIpc) is 2.11. The second-order valence-corrected chi connectivity index (χ2v) is 3.13. The third-order valence-electron chi connectivity index (χ3n) is 2.15. The minimum atomic E-state index is 0. The maximum atomic E-state index is 5.27. The van der Waals surface area contributed by atoms with Crippen LogP contribution in [0, 0.1) is 13.8 Å². The molecule has 80 valence electrons. The summed E-state index contributed by atoms with van der Waals surface area (Å²) in [6.07, 6.45) is 0. The van der Waals surface area contributed by atoms with E-state index in [1.54, 1.807) is 7.11 Å². The fourth-order valence-corrected chi connectivity index (χ4v) is 1.37. The van der Waals surface area contributed by atoms with Crippen LogP contribution in [0.1, 0.15) is 16.7 Å². The molecule has 0 aliphatic rings. The minimum Gasteiger partial charge on any atom is -1.00 e. The van der Waals surface area contributed by atoms with Gasteiger partial charge in [0, 0.05) is 6.54 Å². The van der Waals surface area contributed by atoms with Crippen LogP contribution < -0.4 is 28.4 Å². The zero-order chi connectivity index (χ0) is 9.84. The van der Waals surface area contributed by atoms with Crippen LogP contribution in [0.4, 0.5) is 0 Å². The first-order valence-corrected chi connectivity index (χ1v) is 4.26. The quantitative estimate of drug-likeness (QED) is 0.466. The molecular weight excluding hydrogens is 200 g/mol. The van der Waals surface area contributed by atoms with Crippen molar-refractivity contribution in [2.24, 2.45) is 5.84 Å². The van der Waals surface area contributed by atoms with Crippen molar-refractivity contribution in [3.05, 3.63) is 28.8 Å². The zero-order valence-electron chi connectivity index (χ0n) is 8.73. The van der Waals surface area contributed by atoms with Gasteiger partial charge in [0.15, 0.2) is 0 Å². The van der Waals surface area contributed by atoms with Gasteiger partial charge in [-0.3, -0.25) is 11.3 Å². The Balaban J connectivity index is 0.00000169.